The number of rotatable bonds is 4. The molecule has 106 valence electrons. The Labute approximate surface area is 114 Å². The van der Waals surface area contributed by atoms with Gasteiger partial charge in [-0.15, -0.1) is 0 Å². The minimum atomic E-state index is -0.682. The van der Waals surface area contributed by atoms with Gasteiger partial charge in [0.1, 0.15) is 0 Å². The number of nitrogens with zero attached hydrogens (tertiary/aromatic N) is 1. The number of methoxy groups -OCH3 is 2. The molecule has 0 amide bonds. The van der Waals surface area contributed by atoms with Crippen molar-refractivity contribution < 1.29 is 24.0 Å². The number of carbonyl (C=O) groups excluding carboxylic acids is 2. The van der Waals surface area contributed by atoms with Crippen LogP contribution in [0.1, 0.15) is 21.5 Å². The Hall–Kier alpha value is -2.70. The van der Waals surface area contributed by atoms with Crippen molar-refractivity contribution >= 4 is 23.7 Å². The Morgan fingerprint density at radius 3 is 2.40 bits per heavy atom. The third-order valence-corrected chi connectivity index (χ3v) is 2.65. The normalized spacial score (nSPS) is 10.3. The number of ether oxygens (including phenoxy) is 2. The largest absolute Gasteiger partial charge is 0.466 e. The van der Waals surface area contributed by atoms with E-state index in [0.717, 1.165) is 12.1 Å². The van der Waals surface area contributed by atoms with Gasteiger partial charge in [-0.1, -0.05) is 0 Å². The summed E-state index contributed by atoms with van der Waals surface area (Å²) in [7, 11) is 2.40. The summed E-state index contributed by atoms with van der Waals surface area (Å²) in [5.74, 6) is -1.28. The highest BCUT2D eigenvalue weighted by atomic mass is 16.6. The molecule has 0 saturated carbocycles. The van der Waals surface area contributed by atoms with Crippen LogP contribution in [-0.4, -0.2) is 31.1 Å². The van der Waals surface area contributed by atoms with Crippen molar-refractivity contribution in [3.8, 4) is 0 Å². The third-order valence-electron chi connectivity index (χ3n) is 2.65. The molecule has 0 unspecified atom stereocenters. The van der Waals surface area contributed by atoms with Crippen molar-refractivity contribution in [3.63, 3.8) is 0 Å². The molecule has 0 aromatic heterocycles. The zero-order chi connectivity index (χ0) is 15.3. The molecule has 0 N–H and O–H groups in total. The van der Waals surface area contributed by atoms with Crippen LogP contribution in [0.2, 0.25) is 0 Å². The van der Waals surface area contributed by atoms with Crippen molar-refractivity contribution in [1.29, 1.82) is 0 Å². The summed E-state index contributed by atoms with van der Waals surface area (Å²) in [6, 6.07) is 2.40. The molecular formula is C13H13NO6. The van der Waals surface area contributed by atoms with Crippen LogP contribution in [0, 0.1) is 17.0 Å². The highest BCUT2D eigenvalue weighted by molar-refractivity contribution is 5.94. The summed E-state index contributed by atoms with van der Waals surface area (Å²) >= 11 is 0. The van der Waals surface area contributed by atoms with Gasteiger partial charge in [-0.2, -0.15) is 0 Å². The molecule has 0 spiro atoms. The Kier molecular flexibility index (Phi) is 4.96. The molecule has 7 nitrogen and oxygen atoms in total. The molecule has 0 aliphatic rings. The maximum Gasteiger partial charge on any atom is 0.338 e. The predicted octanol–water partition coefficient (Wildman–Crippen LogP) is 1.88. The second-order valence-electron chi connectivity index (χ2n) is 3.81. The lowest BCUT2D eigenvalue weighted by Gasteiger charge is -2.07. The Bertz CT molecular complexity index is 591. The standard InChI is InChI=1S/C13H13NO6/c1-8-9(4-5-12(15)19-2)6-10(14(17)18)7-11(8)13(16)20-3/h4-7H,1-3H3. The van der Waals surface area contributed by atoms with Crippen molar-refractivity contribution in [2.45, 2.75) is 6.92 Å². The van der Waals surface area contributed by atoms with E-state index in [4.69, 9.17) is 0 Å². The van der Waals surface area contributed by atoms with E-state index in [0.29, 0.717) is 11.1 Å². The molecule has 7 heteroatoms. The molecule has 1 aromatic carbocycles. The quantitative estimate of drug-likeness (QED) is 0.361. The first-order valence-corrected chi connectivity index (χ1v) is 5.54. The van der Waals surface area contributed by atoms with E-state index in [1.165, 1.54) is 26.4 Å². The molecule has 0 aliphatic carbocycles. The van der Waals surface area contributed by atoms with Crippen LogP contribution in [-0.2, 0) is 14.3 Å². The maximum absolute atomic E-state index is 11.6. The van der Waals surface area contributed by atoms with Crippen LogP contribution in [0.5, 0.6) is 0 Å². The number of non-ortho nitro benzene ring substituents is 1. The fraction of sp³-hybridized carbons (Fsp3) is 0.231. The molecular weight excluding hydrogens is 266 g/mol. The highest BCUT2D eigenvalue weighted by Gasteiger charge is 2.18. The zero-order valence-electron chi connectivity index (χ0n) is 11.2. The number of benzene rings is 1. The van der Waals surface area contributed by atoms with Crippen LogP contribution >= 0.6 is 0 Å². The molecule has 0 heterocycles. The number of carbonyl (C=O) groups is 2. The summed E-state index contributed by atoms with van der Waals surface area (Å²) in [6.45, 7) is 1.60. The second kappa shape index (κ2) is 6.46. The van der Waals surface area contributed by atoms with E-state index in [-0.39, 0.29) is 11.3 Å². The van der Waals surface area contributed by atoms with Gasteiger partial charge < -0.3 is 9.47 Å². The van der Waals surface area contributed by atoms with E-state index in [1.54, 1.807) is 6.92 Å². The number of nitro benzene ring substituents is 1. The predicted molar refractivity (Wildman–Crippen MR) is 70.2 cm³/mol. The number of hydrogen-bond acceptors (Lipinski definition) is 6. The van der Waals surface area contributed by atoms with Gasteiger partial charge >= 0.3 is 11.9 Å². The summed E-state index contributed by atoms with van der Waals surface area (Å²) < 4.78 is 9.01. The second-order valence-corrected chi connectivity index (χ2v) is 3.81. The lowest BCUT2D eigenvalue weighted by molar-refractivity contribution is -0.384. The van der Waals surface area contributed by atoms with Gasteiger partial charge in [0.2, 0.25) is 0 Å². The number of hydrogen-bond donors (Lipinski definition) is 0. The minimum Gasteiger partial charge on any atom is -0.466 e. The molecule has 20 heavy (non-hydrogen) atoms. The van der Waals surface area contributed by atoms with Crippen molar-refractivity contribution in [2.75, 3.05) is 14.2 Å². The maximum atomic E-state index is 11.6. The summed E-state index contributed by atoms with van der Waals surface area (Å²) in [5, 5.41) is 10.9. The Morgan fingerprint density at radius 2 is 1.90 bits per heavy atom. The van der Waals surface area contributed by atoms with Crippen LogP contribution in [0.15, 0.2) is 18.2 Å². The summed E-state index contributed by atoms with van der Waals surface area (Å²) in [4.78, 5) is 32.9. The molecule has 0 atom stereocenters. The third kappa shape index (κ3) is 3.41. The van der Waals surface area contributed by atoms with Gasteiger partial charge in [-0.05, 0) is 24.1 Å². The summed E-state index contributed by atoms with van der Waals surface area (Å²) in [6.07, 6.45) is 2.47. The van der Waals surface area contributed by atoms with Gasteiger partial charge in [0.05, 0.1) is 24.7 Å². The topological polar surface area (TPSA) is 95.7 Å². The van der Waals surface area contributed by atoms with Gasteiger partial charge in [-0.3, -0.25) is 10.1 Å². The van der Waals surface area contributed by atoms with E-state index >= 15 is 0 Å². The van der Waals surface area contributed by atoms with E-state index in [1.807, 2.05) is 0 Å². The fourth-order valence-electron chi connectivity index (χ4n) is 1.55. The van der Waals surface area contributed by atoms with Crippen molar-refractivity contribution in [3.05, 3.63) is 45.0 Å². The SMILES string of the molecule is COC(=O)C=Cc1cc([N+](=O)[O-])cc(C(=O)OC)c1C. The average molecular weight is 279 g/mol. The number of esters is 2. The van der Waals surface area contributed by atoms with Crippen LogP contribution < -0.4 is 0 Å². The van der Waals surface area contributed by atoms with Gasteiger partial charge in [0, 0.05) is 18.2 Å². The van der Waals surface area contributed by atoms with Crippen molar-refractivity contribution in [1.82, 2.24) is 0 Å². The van der Waals surface area contributed by atoms with Crippen LogP contribution in [0.25, 0.3) is 6.08 Å². The number of nitro groups is 1. The first-order chi connectivity index (χ1) is 9.40. The lowest BCUT2D eigenvalue weighted by atomic mass is 10.0. The van der Waals surface area contributed by atoms with E-state index in [2.05, 4.69) is 9.47 Å². The molecule has 0 radical (unpaired) electrons. The molecule has 0 saturated heterocycles. The first kappa shape index (κ1) is 15.4. The first-order valence-electron chi connectivity index (χ1n) is 5.54. The molecule has 1 aromatic rings. The zero-order valence-corrected chi connectivity index (χ0v) is 11.2. The highest BCUT2D eigenvalue weighted by Crippen LogP contribution is 2.24. The van der Waals surface area contributed by atoms with E-state index in [9.17, 15) is 19.7 Å². The average Bonchev–Trinajstić information content (AvgIpc) is 2.44. The smallest absolute Gasteiger partial charge is 0.338 e. The molecule has 0 aliphatic heterocycles. The Balaban J connectivity index is 3.39. The van der Waals surface area contributed by atoms with Crippen LogP contribution in [0.4, 0.5) is 5.69 Å². The molecule has 1 rings (SSSR count). The summed E-state index contributed by atoms with van der Waals surface area (Å²) in [5.41, 5.74) is 0.652. The van der Waals surface area contributed by atoms with Gasteiger partial charge in [-0.25, -0.2) is 9.59 Å². The van der Waals surface area contributed by atoms with Crippen LogP contribution in [0.3, 0.4) is 0 Å². The lowest BCUT2D eigenvalue weighted by Crippen LogP contribution is -2.06. The van der Waals surface area contributed by atoms with Crippen molar-refractivity contribution in [2.24, 2.45) is 0 Å². The minimum absolute atomic E-state index is 0.0752. The molecule has 0 fully saturated rings. The molecule has 0 bridgehead atoms. The van der Waals surface area contributed by atoms with E-state index < -0.39 is 16.9 Å². The monoisotopic (exact) mass is 279 g/mol. The Morgan fingerprint density at radius 1 is 1.25 bits per heavy atom. The van der Waals surface area contributed by atoms with Gasteiger partial charge in [0.25, 0.3) is 5.69 Å². The fourth-order valence-corrected chi connectivity index (χ4v) is 1.55. The van der Waals surface area contributed by atoms with Gasteiger partial charge in [0.15, 0.2) is 0 Å².